The van der Waals surface area contributed by atoms with Crippen LogP contribution in [-0.4, -0.2) is 38.5 Å². The Bertz CT molecular complexity index is 762. The summed E-state index contributed by atoms with van der Waals surface area (Å²) in [6.07, 6.45) is -4.51. The molecule has 1 aliphatic rings. The topological polar surface area (TPSA) is 81.9 Å². The van der Waals surface area contributed by atoms with Crippen LogP contribution in [0, 0.1) is 0 Å². The van der Waals surface area contributed by atoms with Gasteiger partial charge in [0, 0.05) is 12.8 Å². The first-order chi connectivity index (χ1) is 10.9. The van der Waals surface area contributed by atoms with Crippen LogP contribution in [0.3, 0.4) is 0 Å². The molecule has 1 N–H and O–H groups in total. The van der Waals surface area contributed by atoms with E-state index in [1.165, 1.54) is 11.7 Å². The lowest BCUT2D eigenvalue weighted by atomic mass is 10.1. The number of carbonyl (C=O) groups excluding carboxylic acids is 1. The van der Waals surface area contributed by atoms with E-state index in [2.05, 4.69) is 20.8 Å². The van der Waals surface area contributed by atoms with Crippen molar-refractivity contribution in [1.82, 2.24) is 20.2 Å². The number of tetrazole rings is 1. The molecule has 0 radical (unpaired) electrons. The van der Waals surface area contributed by atoms with Crippen LogP contribution in [0.4, 0.5) is 19.1 Å². The molecule has 2 aromatic rings. The summed E-state index contributed by atoms with van der Waals surface area (Å²) in [6.45, 7) is 0.227. The first-order valence-corrected chi connectivity index (χ1v) is 7.40. The third kappa shape index (κ3) is 2.96. The maximum absolute atomic E-state index is 13.1. The monoisotopic (exact) mass is 345 g/mol. The van der Waals surface area contributed by atoms with Gasteiger partial charge in [-0.25, -0.2) is 4.68 Å². The van der Waals surface area contributed by atoms with E-state index < -0.39 is 17.6 Å². The summed E-state index contributed by atoms with van der Waals surface area (Å²) in [4.78, 5) is 12.2. The normalized spacial score (nSPS) is 14.1. The van der Waals surface area contributed by atoms with Gasteiger partial charge in [0.25, 0.3) is 5.91 Å². The summed E-state index contributed by atoms with van der Waals surface area (Å²) in [5, 5.41) is 12.9. The zero-order valence-electron chi connectivity index (χ0n) is 11.7. The van der Waals surface area contributed by atoms with E-state index in [9.17, 15) is 18.0 Å². The molecule has 0 saturated heterocycles. The van der Waals surface area contributed by atoms with Crippen LogP contribution in [-0.2, 0) is 13.2 Å². The molecule has 2 heterocycles. The van der Waals surface area contributed by atoms with Gasteiger partial charge in [-0.2, -0.15) is 13.2 Å². The van der Waals surface area contributed by atoms with Gasteiger partial charge in [0.1, 0.15) is 5.75 Å². The summed E-state index contributed by atoms with van der Waals surface area (Å²) in [7, 11) is 1.52. The number of halogens is 3. The molecule has 11 heteroatoms. The predicted molar refractivity (Wildman–Crippen MR) is 74.4 cm³/mol. The Morgan fingerprint density at radius 1 is 1.43 bits per heavy atom. The van der Waals surface area contributed by atoms with Crippen molar-refractivity contribution in [3.8, 4) is 5.75 Å². The highest BCUT2D eigenvalue weighted by molar-refractivity contribution is 7.99. The fourth-order valence-electron chi connectivity index (χ4n) is 2.04. The molecule has 1 aromatic heterocycles. The highest BCUT2D eigenvalue weighted by atomic mass is 32.2. The van der Waals surface area contributed by atoms with Crippen molar-refractivity contribution in [3.63, 3.8) is 0 Å². The lowest BCUT2D eigenvalue weighted by molar-refractivity contribution is -0.140. The van der Waals surface area contributed by atoms with Crippen molar-refractivity contribution >= 4 is 23.6 Å². The van der Waals surface area contributed by atoms with Crippen LogP contribution in [0.25, 0.3) is 0 Å². The number of amides is 1. The van der Waals surface area contributed by atoms with E-state index in [1.54, 1.807) is 0 Å². The molecule has 1 aliphatic heterocycles. The Labute approximate surface area is 132 Å². The average molecular weight is 345 g/mol. The third-order valence-electron chi connectivity index (χ3n) is 3.08. The van der Waals surface area contributed by atoms with Crippen molar-refractivity contribution in [2.24, 2.45) is 7.05 Å². The highest BCUT2D eigenvalue weighted by Gasteiger charge is 2.37. The Morgan fingerprint density at radius 3 is 2.87 bits per heavy atom. The van der Waals surface area contributed by atoms with Gasteiger partial charge in [-0.3, -0.25) is 10.1 Å². The molecule has 0 fully saturated rings. The van der Waals surface area contributed by atoms with Crippen molar-refractivity contribution < 1.29 is 22.7 Å². The Morgan fingerprint density at radius 2 is 2.22 bits per heavy atom. The fourth-order valence-corrected chi connectivity index (χ4v) is 3.05. The second-order valence-electron chi connectivity index (χ2n) is 4.59. The van der Waals surface area contributed by atoms with E-state index in [4.69, 9.17) is 4.74 Å². The van der Waals surface area contributed by atoms with Crippen LogP contribution in [0.15, 0.2) is 17.0 Å². The molecule has 0 spiro atoms. The Balaban J connectivity index is 2.00. The predicted octanol–water partition coefficient (Wildman–Crippen LogP) is 1.97. The number of carbonyl (C=O) groups is 1. The molecule has 0 atom stereocenters. The minimum absolute atomic E-state index is 0.00296. The molecule has 0 unspecified atom stereocenters. The Kier molecular flexibility index (Phi) is 3.88. The first kappa shape index (κ1) is 15.6. The van der Waals surface area contributed by atoms with Gasteiger partial charge < -0.3 is 4.74 Å². The van der Waals surface area contributed by atoms with E-state index in [-0.39, 0.29) is 28.8 Å². The molecule has 1 amide bonds. The quantitative estimate of drug-likeness (QED) is 0.896. The Hall–Kier alpha value is -2.30. The molecule has 0 aliphatic carbocycles. The van der Waals surface area contributed by atoms with E-state index in [0.29, 0.717) is 5.75 Å². The van der Waals surface area contributed by atoms with Gasteiger partial charge in [-0.05, 0) is 22.6 Å². The zero-order valence-corrected chi connectivity index (χ0v) is 12.5. The van der Waals surface area contributed by atoms with Crippen LogP contribution in [0.2, 0.25) is 0 Å². The van der Waals surface area contributed by atoms with E-state index >= 15 is 0 Å². The minimum atomic E-state index is -4.51. The molecule has 122 valence electrons. The summed E-state index contributed by atoms with van der Waals surface area (Å²) in [5.41, 5.74) is -0.808. The van der Waals surface area contributed by atoms with Gasteiger partial charge in [0.2, 0.25) is 5.95 Å². The van der Waals surface area contributed by atoms with Gasteiger partial charge in [0.05, 0.1) is 22.6 Å². The largest absolute Gasteiger partial charge is 0.491 e. The molecular weight excluding hydrogens is 335 g/mol. The molecule has 3 rings (SSSR count). The van der Waals surface area contributed by atoms with Gasteiger partial charge in [-0.15, -0.1) is 11.8 Å². The summed E-state index contributed by atoms with van der Waals surface area (Å²) in [6, 6.07) is 1.97. The number of aromatic nitrogens is 4. The number of alkyl halides is 3. The number of aryl methyl sites for hydroxylation is 1. The second-order valence-corrected chi connectivity index (χ2v) is 5.70. The molecule has 0 saturated carbocycles. The number of nitrogens with one attached hydrogen (secondary N) is 1. The average Bonchev–Trinajstić information content (AvgIpc) is 2.90. The van der Waals surface area contributed by atoms with Crippen LogP contribution >= 0.6 is 11.8 Å². The maximum atomic E-state index is 13.1. The SMILES string of the molecule is Cn1nnnc1NC(=O)c1ccc(C(F)(F)F)c2c1OCCS2. The maximum Gasteiger partial charge on any atom is 0.417 e. The summed E-state index contributed by atoms with van der Waals surface area (Å²) >= 11 is 1.01. The highest BCUT2D eigenvalue weighted by Crippen LogP contribution is 2.45. The van der Waals surface area contributed by atoms with Crippen molar-refractivity contribution in [2.75, 3.05) is 17.7 Å². The number of rotatable bonds is 2. The van der Waals surface area contributed by atoms with Crippen molar-refractivity contribution in [2.45, 2.75) is 11.1 Å². The number of anilines is 1. The van der Waals surface area contributed by atoms with Gasteiger partial charge in [0.15, 0.2) is 0 Å². The van der Waals surface area contributed by atoms with Gasteiger partial charge >= 0.3 is 6.18 Å². The van der Waals surface area contributed by atoms with Crippen molar-refractivity contribution in [1.29, 1.82) is 0 Å². The third-order valence-corrected chi connectivity index (χ3v) is 4.15. The molecule has 7 nitrogen and oxygen atoms in total. The molecule has 0 bridgehead atoms. The standard InChI is InChI=1S/C12H10F3N5O2S/c1-20-11(17-18-19-20)16-10(21)6-2-3-7(12(13,14)15)9-8(6)22-4-5-23-9/h2-3H,4-5H2,1H3,(H,16,17,19,21). The van der Waals surface area contributed by atoms with Crippen LogP contribution < -0.4 is 10.1 Å². The number of benzene rings is 1. The molecular formula is C12H10F3N5O2S. The second kappa shape index (κ2) is 5.72. The summed E-state index contributed by atoms with van der Waals surface area (Å²) in [5.74, 6) is -0.250. The van der Waals surface area contributed by atoms with E-state index in [0.717, 1.165) is 23.9 Å². The smallest absolute Gasteiger partial charge is 0.417 e. The van der Waals surface area contributed by atoms with Crippen LogP contribution in [0.1, 0.15) is 15.9 Å². The number of thioether (sulfide) groups is 1. The number of hydrogen-bond acceptors (Lipinski definition) is 6. The number of nitrogens with zero attached hydrogens (tertiary/aromatic N) is 4. The lowest BCUT2D eigenvalue weighted by Crippen LogP contribution is -2.20. The van der Waals surface area contributed by atoms with E-state index in [1.807, 2.05) is 0 Å². The minimum Gasteiger partial charge on any atom is -0.491 e. The summed E-state index contributed by atoms with van der Waals surface area (Å²) < 4.78 is 45.7. The van der Waals surface area contributed by atoms with Gasteiger partial charge in [-0.1, -0.05) is 5.10 Å². The first-order valence-electron chi connectivity index (χ1n) is 6.41. The van der Waals surface area contributed by atoms with Crippen LogP contribution in [0.5, 0.6) is 5.75 Å². The fraction of sp³-hybridized carbons (Fsp3) is 0.333. The lowest BCUT2D eigenvalue weighted by Gasteiger charge is -2.23. The molecule has 23 heavy (non-hydrogen) atoms. The number of fused-ring (bicyclic) bond motifs is 1. The molecule has 1 aromatic carbocycles. The zero-order chi connectivity index (χ0) is 16.6. The van der Waals surface area contributed by atoms with Crippen molar-refractivity contribution in [3.05, 3.63) is 23.3 Å². The number of hydrogen-bond donors (Lipinski definition) is 1. The number of ether oxygens (including phenoxy) is 1.